The van der Waals surface area contributed by atoms with Crippen molar-refractivity contribution in [2.45, 2.75) is 42.9 Å². The molecule has 1 heterocycles. The Morgan fingerprint density at radius 3 is 2.49 bits per heavy atom. The van der Waals surface area contributed by atoms with Crippen molar-refractivity contribution in [3.63, 3.8) is 0 Å². The third-order valence-electron chi connectivity index (χ3n) is 6.39. The van der Waals surface area contributed by atoms with Gasteiger partial charge >= 0.3 is 0 Å². The van der Waals surface area contributed by atoms with Crippen LogP contribution < -0.4 is 4.74 Å². The van der Waals surface area contributed by atoms with Gasteiger partial charge in [0.2, 0.25) is 0 Å². The van der Waals surface area contributed by atoms with Gasteiger partial charge in [0, 0.05) is 23.8 Å². The first-order valence-electron chi connectivity index (χ1n) is 11.8. The lowest BCUT2D eigenvalue weighted by molar-refractivity contribution is 0.167. The molecule has 2 unspecified atom stereocenters. The molecule has 0 fully saturated rings. The second-order valence-corrected chi connectivity index (χ2v) is 14.3. The number of aryl methyl sites for hydroxylation is 1. The molecule has 3 aromatic carbocycles. The number of allylic oxidation sites excluding steroid dienone is 1. The molecule has 9 heteroatoms. The normalized spacial score (nSPS) is 18.2. The minimum atomic E-state index is -3.83. The van der Waals surface area contributed by atoms with Gasteiger partial charge in [-0.15, -0.1) is 0 Å². The van der Waals surface area contributed by atoms with Gasteiger partial charge in [-0.1, -0.05) is 41.9 Å². The monoisotopic (exact) mass is 562 g/mol. The zero-order valence-corrected chi connectivity index (χ0v) is 23.1. The van der Waals surface area contributed by atoms with Crippen molar-refractivity contribution < 1.29 is 26.0 Å². The average Bonchev–Trinajstić information content (AvgIpc) is 2.81. The molecule has 0 radical (unpaired) electrons. The Hall–Kier alpha value is -2.68. The number of fused-ring (bicyclic) bond motifs is 1. The van der Waals surface area contributed by atoms with Crippen molar-refractivity contribution in [2.75, 3.05) is 12.0 Å². The molecule has 37 heavy (non-hydrogen) atoms. The third-order valence-corrected chi connectivity index (χ3v) is 9.79. The molecule has 0 amide bonds. The second kappa shape index (κ2) is 10.6. The largest absolute Gasteiger partial charge is 0.490 e. The molecule has 0 bridgehead atoms. The SMILES string of the molecule is C/C(=C\c1ccc2c(c1)C(S(=O)(=O)c1cccc(C)c1)CC(CCS(C)(=O)=O)O2)c1c(F)cccc1Cl. The average molecular weight is 563 g/mol. The number of hydrogen-bond acceptors (Lipinski definition) is 5. The summed E-state index contributed by atoms with van der Waals surface area (Å²) < 4.78 is 71.7. The molecule has 0 saturated heterocycles. The number of ether oxygens (including phenoxy) is 1. The number of halogens is 2. The van der Waals surface area contributed by atoms with Crippen LogP contribution in [-0.2, 0) is 19.7 Å². The van der Waals surface area contributed by atoms with E-state index in [1.54, 1.807) is 55.5 Å². The van der Waals surface area contributed by atoms with Crippen LogP contribution in [0.1, 0.15) is 47.3 Å². The van der Waals surface area contributed by atoms with Crippen LogP contribution in [0.5, 0.6) is 5.75 Å². The number of sulfone groups is 2. The zero-order chi connectivity index (χ0) is 27.0. The van der Waals surface area contributed by atoms with E-state index in [9.17, 15) is 21.2 Å². The molecular weight excluding hydrogens is 535 g/mol. The van der Waals surface area contributed by atoms with E-state index >= 15 is 0 Å². The van der Waals surface area contributed by atoms with Crippen molar-refractivity contribution >= 4 is 42.9 Å². The van der Waals surface area contributed by atoms with Gasteiger partial charge in [0.05, 0.1) is 20.9 Å². The van der Waals surface area contributed by atoms with Gasteiger partial charge < -0.3 is 4.74 Å². The Morgan fingerprint density at radius 1 is 1.08 bits per heavy atom. The van der Waals surface area contributed by atoms with E-state index in [2.05, 4.69) is 0 Å². The molecule has 3 aromatic rings. The molecule has 1 aliphatic heterocycles. The van der Waals surface area contributed by atoms with Crippen molar-refractivity contribution in [3.8, 4) is 5.75 Å². The lowest BCUT2D eigenvalue weighted by Gasteiger charge is -2.32. The van der Waals surface area contributed by atoms with E-state index < -0.39 is 36.8 Å². The third kappa shape index (κ3) is 6.25. The van der Waals surface area contributed by atoms with E-state index in [0.717, 1.165) is 11.8 Å². The Bertz CT molecular complexity index is 1560. The summed E-state index contributed by atoms with van der Waals surface area (Å²) in [4.78, 5) is 0.197. The molecular formula is C28H28ClFO5S2. The number of rotatable bonds is 7. The summed E-state index contributed by atoms with van der Waals surface area (Å²) in [5.74, 6) is -0.158. The van der Waals surface area contributed by atoms with Crippen molar-refractivity contribution in [1.82, 2.24) is 0 Å². The standard InChI is InChI=1S/C28H28ClFO5S2/c1-18-6-4-7-22(14-18)37(33,34)27-17-21(12-13-36(3,31)32)35-26-11-10-20(16-23(26)27)15-19(2)28-24(29)8-5-9-25(28)30/h4-11,14-16,21,27H,12-13,17H2,1-3H3/b19-15+. The van der Waals surface area contributed by atoms with E-state index in [-0.39, 0.29) is 34.1 Å². The van der Waals surface area contributed by atoms with Crippen LogP contribution >= 0.6 is 11.6 Å². The first-order valence-corrected chi connectivity index (χ1v) is 15.8. The summed E-state index contributed by atoms with van der Waals surface area (Å²) in [6, 6.07) is 16.4. The minimum Gasteiger partial charge on any atom is -0.490 e. The molecule has 4 rings (SSSR count). The molecule has 196 valence electrons. The van der Waals surface area contributed by atoms with Gasteiger partial charge in [-0.2, -0.15) is 0 Å². The topological polar surface area (TPSA) is 77.5 Å². The molecule has 5 nitrogen and oxygen atoms in total. The predicted octanol–water partition coefficient (Wildman–Crippen LogP) is 6.45. The maximum absolute atomic E-state index is 14.4. The van der Waals surface area contributed by atoms with Gasteiger partial charge in [0.1, 0.15) is 27.5 Å². The Labute approximate surface area is 222 Å². The van der Waals surface area contributed by atoms with Gasteiger partial charge in [-0.25, -0.2) is 21.2 Å². The minimum absolute atomic E-state index is 0.104. The van der Waals surface area contributed by atoms with Crippen LogP contribution in [0, 0.1) is 12.7 Å². The lowest BCUT2D eigenvalue weighted by Crippen LogP contribution is -2.31. The quantitative estimate of drug-likeness (QED) is 0.309. The van der Waals surface area contributed by atoms with Crippen molar-refractivity contribution in [1.29, 1.82) is 0 Å². The lowest BCUT2D eigenvalue weighted by atomic mass is 9.96. The summed E-state index contributed by atoms with van der Waals surface area (Å²) in [5, 5.41) is -0.656. The first-order chi connectivity index (χ1) is 17.3. The summed E-state index contributed by atoms with van der Waals surface area (Å²) in [6.45, 7) is 3.56. The van der Waals surface area contributed by atoms with Crippen molar-refractivity contribution in [2.24, 2.45) is 0 Å². The highest BCUT2D eigenvalue weighted by atomic mass is 35.5. The number of hydrogen-bond donors (Lipinski definition) is 0. The summed E-state index contributed by atoms with van der Waals surface area (Å²) in [6.07, 6.45) is 2.62. The van der Waals surface area contributed by atoms with Crippen LogP contribution in [0.3, 0.4) is 0 Å². The van der Waals surface area contributed by atoms with Gasteiger partial charge in [-0.05, 0) is 73.4 Å². The fourth-order valence-corrected chi connectivity index (χ4v) is 7.52. The fraction of sp³-hybridized carbons (Fsp3) is 0.286. The Morgan fingerprint density at radius 2 is 1.81 bits per heavy atom. The molecule has 0 spiro atoms. The van der Waals surface area contributed by atoms with Gasteiger partial charge in [-0.3, -0.25) is 0 Å². The van der Waals surface area contributed by atoms with Crippen LogP contribution in [-0.4, -0.2) is 34.9 Å². The molecule has 1 aliphatic rings. The van der Waals surface area contributed by atoms with Gasteiger partial charge in [0.15, 0.2) is 9.84 Å². The second-order valence-electron chi connectivity index (χ2n) is 9.47. The smallest absolute Gasteiger partial charge is 0.185 e. The van der Waals surface area contributed by atoms with Crippen LogP contribution in [0.15, 0.2) is 65.6 Å². The van der Waals surface area contributed by atoms with E-state index in [1.807, 2.05) is 13.0 Å². The maximum Gasteiger partial charge on any atom is 0.185 e. The fourth-order valence-electron chi connectivity index (χ4n) is 4.58. The molecule has 0 N–H and O–H groups in total. The van der Waals surface area contributed by atoms with Crippen LogP contribution in [0.25, 0.3) is 11.6 Å². The summed E-state index contributed by atoms with van der Waals surface area (Å²) in [5.41, 5.74) is 2.83. The first kappa shape index (κ1) is 27.4. The predicted molar refractivity (Wildman–Crippen MR) is 146 cm³/mol. The van der Waals surface area contributed by atoms with Crippen molar-refractivity contribution in [3.05, 3.63) is 93.8 Å². The van der Waals surface area contributed by atoms with Crippen LogP contribution in [0.4, 0.5) is 4.39 Å². The highest BCUT2D eigenvalue weighted by molar-refractivity contribution is 7.91. The summed E-state index contributed by atoms with van der Waals surface area (Å²) in [7, 11) is -7.07. The highest BCUT2D eigenvalue weighted by Crippen LogP contribution is 2.44. The molecule has 0 saturated carbocycles. The number of benzene rings is 3. The summed E-state index contributed by atoms with van der Waals surface area (Å²) >= 11 is 6.22. The van der Waals surface area contributed by atoms with Gasteiger partial charge in [0.25, 0.3) is 0 Å². The van der Waals surface area contributed by atoms with E-state index in [1.165, 1.54) is 12.1 Å². The van der Waals surface area contributed by atoms with E-state index in [4.69, 9.17) is 16.3 Å². The molecule has 0 aliphatic carbocycles. The Kier molecular flexibility index (Phi) is 7.83. The zero-order valence-electron chi connectivity index (χ0n) is 20.7. The van der Waals surface area contributed by atoms with E-state index in [0.29, 0.717) is 22.4 Å². The Balaban J connectivity index is 1.79. The highest BCUT2D eigenvalue weighted by Gasteiger charge is 2.38. The molecule has 2 atom stereocenters. The van der Waals surface area contributed by atoms with Crippen LogP contribution in [0.2, 0.25) is 5.02 Å². The molecule has 0 aromatic heterocycles. The maximum atomic E-state index is 14.4.